The summed E-state index contributed by atoms with van der Waals surface area (Å²) < 4.78 is 5.14. The Kier molecular flexibility index (Phi) is 4.11. The third-order valence-electron chi connectivity index (χ3n) is 3.41. The molecule has 0 spiro atoms. The molecule has 1 atom stereocenters. The molecule has 1 heterocycles. The summed E-state index contributed by atoms with van der Waals surface area (Å²) in [4.78, 5) is 23.1. The lowest BCUT2D eigenvalue weighted by Crippen LogP contribution is -2.63. The average molecular weight is 244 g/mol. The molecule has 1 saturated heterocycles. The average Bonchev–Trinajstić information content (AvgIpc) is 2.29. The van der Waals surface area contributed by atoms with Gasteiger partial charge in [0.1, 0.15) is 5.54 Å². The predicted molar refractivity (Wildman–Crippen MR) is 61.4 cm³/mol. The number of rotatable bonds is 4. The van der Waals surface area contributed by atoms with E-state index >= 15 is 0 Å². The van der Waals surface area contributed by atoms with Crippen molar-refractivity contribution in [3.05, 3.63) is 0 Å². The Balaban J connectivity index is 2.73. The molecule has 6 nitrogen and oxygen atoms in total. The molecule has 0 aromatic carbocycles. The zero-order chi connectivity index (χ0) is 13.1. The van der Waals surface area contributed by atoms with Gasteiger partial charge in [-0.15, -0.1) is 0 Å². The largest absolute Gasteiger partial charge is 0.480 e. The third-order valence-corrected chi connectivity index (χ3v) is 3.41. The highest BCUT2D eigenvalue weighted by molar-refractivity contribution is 5.91. The van der Waals surface area contributed by atoms with Crippen LogP contribution in [0.3, 0.4) is 0 Å². The Bertz CT molecular complexity index is 313. The quantitative estimate of drug-likeness (QED) is 0.639. The molecule has 0 aromatic heterocycles. The lowest BCUT2D eigenvalue weighted by atomic mass is 9.88. The number of amides is 1. The SMILES string of the molecule is CCC(C)(NC(=O)C1(N)CCOCC1)C(=O)O. The summed E-state index contributed by atoms with van der Waals surface area (Å²) in [7, 11) is 0. The summed E-state index contributed by atoms with van der Waals surface area (Å²) >= 11 is 0. The zero-order valence-electron chi connectivity index (χ0n) is 10.3. The van der Waals surface area contributed by atoms with E-state index in [1.165, 1.54) is 6.92 Å². The van der Waals surface area contributed by atoms with Crippen molar-refractivity contribution in [3.8, 4) is 0 Å². The molecular weight excluding hydrogens is 224 g/mol. The lowest BCUT2D eigenvalue weighted by molar-refractivity contribution is -0.148. The van der Waals surface area contributed by atoms with Gasteiger partial charge in [0.05, 0.1) is 5.54 Å². The summed E-state index contributed by atoms with van der Waals surface area (Å²) in [5.74, 6) is -1.46. The van der Waals surface area contributed by atoms with Crippen LogP contribution >= 0.6 is 0 Å². The van der Waals surface area contributed by atoms with Crippen molar-refractivity contribution in [2.45, 2.75) is 44.2 Å². The fourth-order valence-electron chi connectivity index (χ4n) is 1.63. The minimum Gasteiger partial charge on any atom is -0.480 e. The summed E-state index contributed by atoms with van der Waals surface area (Å²) in [6.45, 7) is 4.05. The van der Waals surface area contributed by atoms with Gasteiger partial charge in [-0.25, -0.2) is 4.79 Å². The van der Waals surface area contributed by atoms with Crippen molar-refractivity contribution in [1.82, 2.24) is 5.32 Å². The Hall–Kier alpha value is -1.14. The van der Waals surface area contributed by atoms with Gasteiger partial charge >= 0.3 is 5.97 Å². The van der Waals surface area contributed by atoms with Crippen LogP contribution in [0.1, 0.15) is 33.1 Å². The van der Waals surface area contributed by atoms with Crippen LogP contribution in [0.2, 0.25) is 0 Å². The monoisotopic (exact) mass is 244 g/mol. The second-order valence-electron chi connectivity index (χ2n) is 4.71. The molecule has 6 heteroatoms. The molecule has 0 radical (unpaired) electrons. The first kappa shape index (κ1) is 13.9. The van der Waals surface area contributed by atoms with Crippen LogP contribution in [0.4, 0.5) is 0 Å². The highest BCUT2D eigenvalue weighted by Crippen LogP contribution is 2.20. The van der Waals surface area contributed by atoms with Crippen molar-refractivity contribution in [1.29, 1.82) is 0 Å². The van der Waals surface area contributed by atoms with E-state index < -0.39 is 23.0 Å². The highest BCUT2D eigenvalue weighted by atomic mass is 16.5. The van der Waals surface area contributed by atoms with Gasteiger partial charge in [-0.05, 0) is 26.2 Å². The first-order valence-electron chi connectivity index (χ1n) is 5.77. The van der Waals surface area contributed by atoms with E-state index in [0.29, 0.717) is 32.5 Å². The van der Waals surface area contributed by atoms with Gasteiger partial charge in [-0.2, -0.15) is 0 Å². The predicted octanol–water partition coefficient (Wildman–Crippen LogP) is -0.136. The molecule has 1 amide bonds. The van der Waals surface area contributed by atoms with Crippen LogP contribution in [-0.2, 0) is 14.3 Å². The van der Waals surface area contributed by atoms with Crippen LogP contribution in [0, 0.1) is 0 Å². The first-order valence-corrected chi connectivity index (χ1v) is 5.77. The molecule has 4 N–H and O–H groups in total. The van der Waals surface area contributed by atoms with Crippen molar-refractivity contribution < 1.29 is 19.4 Å². The number of carboxylic acid groups (broad SMARTS) is 1. The number of hydrogen-bond acceptors (Lipinski definition) is 4. The number of nitrogens with two attached hydrogens (primary N) is 1. The third kappa shape index (κ3) is 2.95. The molecular formula is C11H20N2O4. The molecule has 1 aliphatic rings. The molecule has 0 aromatic rings. The number of aliphatic carboxylic acids is 1. The van der Waals surface area contributed by atoms with Gasteiger partial charge in [0.2, 0.25) is 5.91 Å². The number of nitrogens with one attached hydrogen (secondary N) is 1. The van der Waals surface area contributed by atoms with Gasteiger partial charge < -0.3 is 20.9 Å². The second-order valence-corrected chi connectivity index (χ2v) is 4.71. The lowest BCUT2D eigenvalue weighted by Gasteiger charge is -2.35. The van der Waals surface area contributed by atoms with Crippen LogP contribution in [0.5, 0.6) is 0 Å². The van der Waals surface area contributed by atoms with E-state index in [4.69, 9.17) is 15.6 Å². The van der Waals surface area contributed by atoms with Gasteiger partial charge in [0.25, 0.3) is 0 Å². The Morgan fingerprint density at radius 3 is 2.41 bits per heavy atom. The van der Waals surface area contributed by atoms with Gasteiger partial charge in [0.15, 0.2) is 0 Å². The highest BCUT2D eigenvalue weighted by Gasteiger charge is 2.41. The summed E-state index contributed by atoms with van der Waals surface area (Å²) in [5.41, 5.74) is 3.71. The van der Waals surface area contributed by atoms with Crippen molar-refractivity contribution >= 4 is 11.9 Å². The maximum atomic E-state index is 12.0. The van der Waals surface area contributed by atoms with Gasteiger partial charge in [0, 0.05) is 13.2 Å². The van der Waals surface area contributed by atoms with Crippen molar-refractivity contribution in [3.63, 3.8) is 0 Å². The number of carbonyl (C=O) groups excluding carboxylic acids is 1. The summed E-state index contributed by atoms with van der Waals surface area (Å²) in [6.07, 6.45) is 1.14. The molecule has 1 fully saturated rings. The minimum atomic E-state index is -1.26. The van der Waals surface area contributed by atoms with Crippen LogP contribution in [0.15, 0.2) is 0 Å². The topological polar surface area (TPSA) is 102 Å². The molecule has 0 bridgehead atoms. The zero-order valence-corrected chi connectivity index (χ0v) is 10.3. The first-order chi connectivity index (χ1) is 7.84. The Labute approximate surface area is 101 Å². The van der Waals surface area contributed by atoms with Crippen LogP contribution < -0.4 is 11.1 Å². The smallest absolute Gasteiger partial charge is 0.329 e. The second kappa shape index (κ2) is 5.01. The Morgan fingerprint density at radius 1 is 1.47 bits per heavy atom. The molecule has 0 aliphatic carbocycles. The standard InChI is InChI=1S/C11H20N2O4/c1-3-10(2,9(15)16)13-8(14)11(12)4-6-17-7-5-11/h3-7,12H2,1-2H3,(H,13,14)(H,15,16). The molecule has 98 valence electrons. The normalized spacial score (nSPS) is 22.5. The van der Waals surface area contributed by atoms with E-state index in [9.17, 15) is 9.59 Å². The van der Waals surface area contributed by atoms with Gasteiger partial charge in [-0.3, -0.25) is 4.79 Å². The van der Waals surface area contributed by atoms with E-state index in [2.05, 4.69) is 5.32 Å². The molecule has 1 aliphatic heterocycles. The van der Waals surface area contributed by atoms with E-state index in [-0.39, 0.29) is 0 Å². The summed E-state index contributed by atoms with van der Waals surface area (Å²) in [5, 5.41) is 11.6. The maximum absolute atomic E-state index is 12.0. The molecule has 1 unspecified atom stereocenters. The van der Waals surface area contributed by atoms with Gasteiger partial charge in [-0.1, -0.05) is 6.92 Å². The number of ether oxygens (including phenoxy) is 1. The fraction of sp³-hybridized carbons (Fsp3) is 0.818. The number of carbonyl (C=O) groups is 2. The number of hydrogen-bond donors (Lipinski definition) is 3. The Morgan fingerprint density at radius 2 is 2.00 bits per heavy atom. The molecule has 1 rings (SSSR count). The fourth-order valence-corrected chi connectivity index (χ4v) is 1.63. The number of carboxylic acids is 1. The van der Waals surface area contributed by atoms with E-state index in [1.54, 1.807) is 6.92 Å². The van der Waals surface area contributed by atoms with E-state index in [1.807, 2.05) is 0 Å². The van der Waals surface area contributed by atoms with Crippen LogP contribution in [0.25, 0.3) is 0 Å². The molecule has 0 saturated carbocycles. The maximum Gasteiger partial charge on any atom is 0.329 e. The summed E-state index contributed by atoms with van der Waals surface area (Å²) in [6, 6.07) is 0. The van der Waals surface area contributed by atoms with Crippen molar-refractivity contribution in [2.24, 2.45) is 5.73 Å². The van der Waals surface area contributed by atoms with Crippen molar-refractivity contribution in [2.75, 3.05) is 13.2 Å². The molecule has 17 heavy (non-hydrogen) atoms. The minimum absolute atomic E-state index is 0.306. The van der Waals surface area contributed by atoms with E-state index in [0.717, 1.165) is 0 Å². The van der Waals surface area contributed by atoms with Crippen LogP contribution in [-0.4, -0.2) is 41.3 Å².